The molecule has 1 aliphatic carbocycles. The topological polar surface area (TPSA) is 52.5 Å². The quantitative estimate of drug-likeness (QED) is 0.757. The molecule has 3 nitrogen and oxygen atoms in total. The summed E-state index contributed by atoms with van der Waals surface area (Å²) in [5, 5.41) is 23.3. The van der Waals surface area contributed by atoms with Gasteiger partial charge in [0.1, 0.15) is 0 Å². The SMILES string of the molecule is CCCN[C@@H]1Cc2cc(O)c(O)cc2[C@H](c2ccccc2)C1. The molecular formula is C19H23NO2. The number of phenolic OH excluding ortho intramolecular Hbond substituents is 2. The van der Waals surface area contributed by atoms with Gasteiger partial charge in [-0.15, -0.1) is 0 Å². The average molecular weight is 297 g/mol. The molecule has 3 heteroatoms. The Morgan fingerprint density at radius 2 is 1.82 bits per heavy atom. The van der Waals surface area contributed by atoms with Crippen molar-refractivity contribution in [1.82, 2.24) is 5.32 Å². The summed E-state index contributed by atoms with van der Waals surface area (Å²) in [6, 6.07) is 14.3. The first-order valence-corrected chi connectivity index (χ1v) is 8.02. The molecule has 2 aromatic rings. The predicted molar refractivity (Wildman–Crippen MR) is 88.5 cm³/mol. The van der Waals surface area contributed by atoms with Crippen LogP contribution in [-0.2, 0) is 6.42 Å². The van der Waals surface area contributed by atoms with Gasteiger partial charge < -0.3 is 15.5 Å². The van der Waals surface area contributed by atoms with Crippen molar-refractivity contribution in [1.29, 1.82) is 0 Å². The van der Waals surface area contributed by atoms with E-state index in [2.05, 4.69) is 36.5 Å². The second kappa shape index (κ2) is 6.41. The number of aromatic hydroxyl groups is 2. The van der Waals surface area contributed by atoms with Gasteiger partial charge in [-0.3, -0.25) is 0 Å². The van der Waals surface area contributed by atoms with Crippen LogP contribution in [-0.4, -0.2) is 22.8 Å². The first-order valence-electron chi connectivity index (χ1n) is 8.02. The Kier molecular flexibility index (Phi) is 4.34. The van der Waals surface area contributed by atoms with Crippen LogP contribution in [0.2, 0.25) is 0 Å². The number of phenols is 2. The second-order valence-electron chi connectivity index (χ2n) is 6.09. The molecule has 3 N–H and O–H groups in total. The van der Waals surface area contributed by atoms with E-state index in [1.807, 2.05) is 6.07 Å². The minimum absolute atomic E-state index is 0.0262. The summed E-state index contributed by atoms with van der Waals surface area (Å²) in [7, 11) is 0. The van der Waals surface area contributed by atoms with Crippen molar-refractivity contribution >= 4 is 0 Å². The van der Waals surface area contributed by atoms with Gasteiger partial charge in [0, 0.05) is 12.0 Å². The molecule has 0 spiro atoms. The number of fused-ring (bicyclic) bond motifs is 1. The number of hydrogen-bond acceptors (Lipinski definition) is 3. The minimum Gasteiger partial charge on any atom is -0.504 e. The lowest BCUT2D eigenvalue weighted by Crippen LogP contribution is -2.36. The van der Waals surface area contributed by atoms with E-state index in [9.17, 15) is 10.2 Å². The summed E-state index contributed by atoms with van der Waals surface area (Å²) < 4.78 is 0. The standard InChI is InChI=1S/C19H23NO2/c1-2-8-20-15-9-14-10-18(21)19(22)12-17(14)16(11-15)13-6-4-3-5-7-13/h3-7,10,12,15-16,20-22H,2,8-9,11H2,1H3/t15-,16+/m1/s1. The Hall–Kier alpha value is -2.00. The van der Waals surface area contributed by atoms with E-state index in [0.717, 1.165) is 36.9 Å². The van der Waals surface area contributed by atoms with Gasteiger partial charge >= 0.3 is 0 Å². The van der Waals surface area contributed by atoms with Crippen LogP contribution in [0.3, 0.4) is 0 Å². The van der Waals surface area contributed by atoms with Gasteiger partial charge in [0.25, 0.3) is 0 Å². The monoisotopic (exact) mass is 297 g/mol. The largest absolute Gasteiger partial charge is 0.504 e. The summed E-state index contributed by atoms with van der Waals surface area (Å²) in [6.45, 7) is 3.17. The molecule has 0 fully saturated rings. The Bertz CT molecular complexity index is 639. The lowest BCUT2D eigenvalue weighted by molar-refractivity contribution is 0.394. The smallest absolute Gasteiger partial charge is 0.157 e. The first kappa shape index (κ1) is 14.9. The van der Waals surface area contributed by atoms with Crippen LogP contribution in [0.25, 0.3) is 0 Å². The van der Waals surface area contributed by atoms with E-state index in [4.69, 9.17) is 0 Å². The van der Waals surface area contributed by atoms with Crippen LogP contribution in [0, 0.1) is 0 Å². The zero-order valence-electron chi connectivity index (χ0n) is 12.9. The van der Waals surface area contributed by atoms with E-state index in [1.165, 1.54) is 5.56 Å². The van der Waals surface area contributed by atoms with Gasteiger partial charge in [0.2, 0.25) is 0 Å². The summed E-state index contributed by atoms with van der Waals surface area (Å²) in [4.78, 5) is 0. The number of nitrogens with one attached hydrogen (secondary N) is 1. The molecular weight excluding hydrogens is 274 g/mol. The van der Waals surface area contributed by atoms with E-state index in [1.54, 1.807) is 12.1 Å². The zero-order chi connectivity index (χ0) is 15.5. The van der Waals surface area contributed by atoms with E-state index < -0.39 is 0 Å². The summed E-state index contributed by atoms with van der Waals surface area (Å²) in [5.41, 5.74) is 3.52. The Morgan fingerprint density at radius 3 is 2.55 bits per heavy atom. The molecule has 0 radical (unpaired) electrons. The van der Waals surface area contributed by atoms with Crippen molar-refractivity contribution in [2.75, 3.05) is 6.54 Å². The van der Waals surface area contributed by atoms with Gasteiger partial charge in [-0.1, -0.05) is 37.3 Å². The van der Waals surface area contributed by atoms with Crippen molar-refractivity contribution in [2.45, 2.75) is 38.1 Å². The van der Waals surface area contributed by atoms with E-state index in [-0.39, 0.29) is 17.4 Å². The molecule has 0 saturated carbocycles. The summed E-state index contributed by atoms with van der Waals surface area (Å²) in [6.07, 6.45) is 3.02. The molecule has 0 aromatic heterocycles. The Labute approximate surface area is 131 Å². The molecule has 0 amide bonds. The lowest BCUT2D eigenvalue weighted by Gasteiger charge is -2.33. The minimum atomic E-state index is -0.0281. The maximum Gasteiger partial charge on any atom is 0.157 e. The van der Waals surface area contributed by atoms with Gasteiger partial charge in [-0.25, -0.2) is 0 Å². The number of hydrogen-bond donors (Lipinski definition) is 3. The van der Waals surface area contributed by atoms with Crippen molar-refractivity contribution in [3.63, 3.8) is 0 Å². The molecule has 0 aliphatic heterocycles. The molecule has 0 heterocycles. The highest BCUT2D eigenvalue weighted by Gasteiger charge is 2.28. The third-order valence-electron chi connectivity index (χ3n) is 4.48. The molecule has 3 rings (SSSR count). The fraction of sp³-hybridized carbons (Fsp3) is 0.368. The summed E-state index contributed by atoms with van der Waals surface area (Å²) >= 11 is 0. The van der Waals surface area contributed by atoms with E-state index >= 15 is 0 Å². The van der Waals surface area contributed by atoms with Gasteiger partial charge in [-0.05, 0) is 54.6 Å². The number of rotatable bonds is 4. The molecule has 0 unspecified atom stereocenters. The Balaban J connectivity index is 1.99. The molecule has 1 aliphatic rings. The van der Waals surface area contributed by atoms with Gasteiger partial charge in [-0.2, -0.15) is 0 Å². The molecule has 22 heavy (non-hydrogen) atoms. The van der Waals surface area contributed by atoms with Crippen LogP contribution in [0.15, 0.2) is 42.5 Å². The van der Waals surface area contributed by atoms with Crippen LogP contribution in [0.1, 0.15) is 42.4 Å². The van der Waals surface area contributed by atoms with Crippen LogP contribution in [0.4, 0.5) is 0 Å². The van der Waals surface area contributed by atoms with Crippen molar-refractivity contribution in [2.24, 2.45) is 0 Å². The van der Waals surface area contributed by atoms with Crippen molar-refractivity contribution in [3.8, 4) is 11.5 Å². The molecule has 116 valence electrons. The first-order chi connectivity index (χ1) is 10.7. The highest BCUT2D eigenvalue weighted by Crippen LogP contribution is 2.41. The highest BCUT2D eigenvalue weighted by atomic mass is 16.3. The van der Waals surface area contributed by atoms with E-state index in [0.29, 0.717) is 6.04 Å². The molecule has 2 atom stereocenters. The van der Waals surface area contributed by atoms with Crippen LogP contribution in [0.5, 0.6) is 11.5 Å². The zero-order valence-corrected chi connectivity index (χ0v) is 12.9. The fourth-order valence-electron chi connectivity index (χ4n) is 3.40. The fourth-order valence-corrected chi connectivity index (χ4v) is 3.40. The lowest BCUT2D eigenvalue weighted by atomic mass is 9.76. The molecule has 0 bridgehead atoms. The average Bonchev–Trinajstić information content (AvgIpc) is 2.54. The number of benzene rings is 2. The van der Waals surface area contributed by atoms with Crippen LogP contribution >= 0.6 is 0 Å². The summed E-state index contributed by atoms with van der Waals surface area (Å²) in [5.74, 6) is 0.201. The van der Waals surface area contributed by atoms with Crippen molar-refractivity contribution < 1.29 is 10.2 Å². The second-order valence-corrected chi connectivity index (χ2v) is 6.09. The maximum atomic E-state index is 9.88. The van der Waals surface area contributed by atoms with Gasteiger partial charge in [0.15, 0.2) is 11.5 Å². The highest BCUT2D eigenvalue weighted by molar-refractivity contribution is 5.51. The van der Waals surface area contributed by atoms with Crippen LogP contribution < -0.4 is 5.32 Å². The maximum absolute atomic E-state index is 9.88. The Morgan fingerprint density at radius 1 is 1.09 bits per heavy atom. The third kappa shape index (κ3) is 2.95. The molecule has 0 saturated heterocycles. The molecule has 2 aromatic carbocycles. The normalized spacial score (nSPS) is 20.6. The van der Waals surface area contributed by atoms with Gasteiger partial charge in [0.05, 0.1) is 0 Å². The predicted octanol–water partition coefficient (Wildman–Crippen LogP) is 3.54. The third-order valence-corrected chi connectivity index (χ3v) is 4.48. The van der Waals surface area contributed by atoms with Crippen molar-refractivity contribution in [3.05, 3.63) is 59.2 Å².